The van der Waals surface area contributed by atoms with E-state index in [0.717, 1.165) is 42.8 Å². The van der Waals surface area contributed by atoms with E-state index in [0.29, 0.717) is 10.0 Å². The lowest BCUT2D eigenvalue weighted by Crippen LogP contribution is -2.43. The van der Waals surface area contributed by atoms with Crippen LogP contribution in [0.15, 0.2) is 24.4 Å². The summed E-state index contributed by atoms with van der Waals surface area (Å²) < 4.78 is 0. The van der Waals surface area contributed by atoms with E-state index in [4.69, 9.17) is 23.2 Å². The number of hydrogen-bond donors (Lipinski definition) is 1. The highest BCUT2D eigenvalue weighted by Crippen LogP contribution is 2.34. The fourth-order valence-corrected chi connectivity index (χ4v) is 2.70. The molecule has 94 valence electrons. The fourth-order valence-electron chi connectivity index (χ4n) is 2.30. The molecule has 2 aromatic rings. The molecule has 0 saturated carbocycles. The van der Waals surface area contributed by atoms with Crippen LogP contribution in [0.3, 0.4) is 0 Å². The molecular formula is C13H13Cl2N3. The maximum Gasteiger partial charge on any atom is 0.136 e. The van der Waals surface area contributed by atoms with Gasteiger partial charge in [-0.25, -0.2) is 4.98 Å². The Hall–Kier alpha value is -1.03. The van der Waals surface area contributed by atoms with Gasteiger partial charge in [-0.05, 0) is 18.2 Å². The molecule has 1 saturated heterocycles. The molecule has 18 heavy (non-hydrogen) atoms. The number of anilines is 1. The van der Waals surface area contributed by atoms with E-state index < -0.39 is 0 Å². The molecule has 0 spiro atoms. The second-order valence-corrected chi connectivity index (χ2v) is 5.11. The van der Waals surface area contributed by atoms with Crippen molar-refractivity contribution in [2.24, 2.45) is 0 Å². The van der Waals surface area contributed by atoms with Crippen LogP contribution >= 0.6 is 23.2 Å². The molecule has 0 aliphatic carbocycles. The van der Waals surface area contributed by atoms with Gasteiger partial charge in [-0.15, -0.1) is 0 Å². The van der Waals surface area contributed by atoms with Gasteiger partial charge in [0.15, 0.2) is 0 Å². The fraction of sp³-hybridized carbons (Fsp3) is 0.308. The molecule has 1 N–H and O–H groups in total. The van der Waals surface area contributed by atoms with Crippen LogP contribution < -0.4 is 10.2 Å². The first-order chi connectivity index (χ1) is 8.77. The van der Waals surface area contributed by atoms with Gasteiger partial charge in [0.1, 0.15) is 5.82 Å². The van der Waals surface area contributed by atoms with Crippen molar-refractivity contribution in [2.75, 3.05) is 31.1 Å². The maximum atomic E-state index is 6.25. The number of fused-ring (bicyclic) bond motifs is 1. The molecule has 5 heteroatoms. The first-order valence-corrected chi connectivity index (χ1v) is 6.71. The van der Waals surface area contributed by atoms with Crippen LogP contribution in [-0.2, 0) is 0 Å². The number of nitrogens with one attached hydrogen (secondary N) is 1. The van der Waals surface area contributed by atoms with E-state index in [1.807, 2.05) is 18.2 Å². The van der Waals surface area contributed by atoms with Crippen LogP contribution in [0.25, 0.3) is 10.8 Å². The second-order valence-electron chi connectivity index (χ2n) is 4.33. The molecular weight excluding hydrogens is 269 g/mol. The van der Waals surface area contributed by atoms with Crippen molar-refractivity contribution in [1.29, 1.82) is 0 Å². The van der Waals surface area contributed by atoms with Crippen molar-refractivity contribution >= 4 is 39.8 Å². The van der Waals surface area contributed by atoms with Crippen molar-refractivity contribution in [3.63, 3.8) is 0 Å². The van der Waals surface area contributed by atoms with Crippen molar-refractivity contribution < 1.29 is 0 Å². The molecule has 1 aliphatic rings. The van der Waals surface area contributed by atoms with Crippen molar-refractivity contribution in [3.8, 4) is 0 Å². The van der Waals surface area contributed by atoms with Gasteiger partial charge in [-0.3, -0.25) is 0 Å². The SMILES string of the molecule is Clc1ccc2c(N3CCNCC3)nccc2c1Cl. The van der Waals surface area contributed by atoms with Gasteiger partial charge >= 0.3 is 0 Å². The van der Waals surface area contributed by atoms with Gasteiger partial charge in [0.2, 0.25) is 0 Å². The van der Waals surface area contributed by atoms with E-state index in [1.54, 1.807) is 6.20 Å². The molecule has 0 atom stereocenters. The maximum absolute atomic E-state index is 6.25. The summed E-state index contributed by atoms with van der Waals surface area (Å²) in [4.78, 5) is 6.78. The largest absolute Gasteiger partial charge is 0.354 e. The Morgan fingerprint density at radius 2 is 1.83 bits per heavy atom. The Balaban J connectivity index is 2.14. The molecule has 1 aromatic carbocycles. The zero-order chi connectivity index (χ0) is 12.5. The van der Waals surface area contributed by atoms with Gasteiger partial charge < -0.3 is 10.2 Å². The van der Waals surface area contributed by atoms with Crippen LogP contribution in [0.4, 0.5) is 5.82 Å². The minimum atomic E-state index is 0.585. The standard InChI is InChI=1S/C13H13Cl2N3/c14-11-2-1-10-9(12(11)15)3-4-17-13(10)18-7-5-16-6-8-18/h1-4,16H,5-8H2. The number of aromatic nitrogens is 1. The smallest absolute Gasteiger partial charge is 0.136 e. The number of nitrogens with zero attached hydrogens (tertiary/aromatic N) is 2. The number of hydrogen-bond acceptors (Lipinski definition) is 3. The molecule has 0 amide bonds. The Labute approximate surface area is 116 Å². The van der Waals surface area contributed by atoms with Gasteiger partial charge in [-0.2, -0.15) is 0 Å². The third-order valence-electron chi connectivity index (χ3n) is 3.23. The molecule has 0 unspecified atom stereocenters. The van der Waals surface area contributed by atoms with Gasteiger partial charge in [-0.1, -0.05) is 23.2 Å². The number of piperazine rings is 1. The first kappa shape index (κ1) is 12.0. The highest BCUT2D eigenvalue weighted by molar-refractivity contribution is 6.45. The van der Waals surface area contributed by atoms with Gasteiger partial charge in [0, 0.05) is 43.1 Å². The summed E-state index contributed by atoms with van der Waals surface area (Å²) in [5.74, 6) is 0.993. The van der Waals surface area contributed by atoms with Crippen molar-refractivity contribution in [3.05, 3.63) is 34.4 Å². The highest BCUT2D eigenvalue weighted by atomic mass is 35.5. The Bertz CT molecular complexity index is 580. The minimum absolute atomic E-state index is 0.585. The average Bonchev–Trinajstić information content (AvgIpc) is 2.43. The number of benzene rings is 1. The normalized spacial score (nSPS) is 16.2. The van der Waals surface area contributed by atoms with E-state index in [1.165, 1.54) is 0 Å². The lowest BCUT2D eigenvalue weighted by Gasteiger charge is -2.29. The predicted octanol–water partition coefficient (Wildman–Crippen LogP) is 2.95. The lowest BCUT2D eigenvalue weighted by molar-refractivity contribution is 0.586. The van der Waals surface area contributed by atoms with Crippen LogP contribution in [0.5, 0.6) is 0 Å². The Morgan fingerprint density at radius 3 is 2.61 bits per heavy atom. The molecule has 0 radical (unpaired) electrons. The molecule has 3 nitrogen and oxygen atoms in total. The summed E-state index contributed by atoms with van der Waals surface area (Å²) in [6.07, 6.45) is 1.79. The quantitative estimate of drug-likeness (QED) is 0.871. The topological polar surface area (TPSA) is 28.2 Å². The Kier molecular flexibility index (Phi) is 3.29. The summed E-state index contributed by atoms with van der Waals surface area (Å²) >= 11 is 12.3. The van der Waals surface area contributed by atoms with Crippen LogP contribution in [-0.4, -0.2) is 31.2 Å². The van der Waals surface area contributed by atoms with Crippen LogP contribution in [0.2, 0.25) is 10.0 Å². The molecule has 2 heterocycles. The molecule has 3 rings (SSSR count). The molecule has 0 bridgehead atoms. The summed E-state index contributed by atoms with van der Waals surface area (Å²) in [7, 11) is 0. The zero-order valence-electron chi connectivity index (χ0n) is 9.79. The van der Waals surface area contributed by atoms with Crippen molar-refractivity contribution in [2.45, 2.75) is 0 Å². The Morgan fingerprint density at radius 1 is 1.06 bits per heavy atom. The summed E-state index contributed by atoms with van der Waals surface area (Å²) in [5.41, 5.74) is 0. The van der Waals surface area contributed by atoms with E-state index in [9.17, 15) is 0 Å². The van der Waals surface area contributed by atoms with Crippen LogP contribution in [0, 0.1) is 0 Å². The average molecular weight is 282 g/mol. The van der Waals surface area contributed by atoms with Crippen molar-refractivity contribution in [1.82, 2.24) is 10.3 Å². The zero-order valence-corrected chi connectivity index (χ0v) is 11.3. The molecule has 1 fully saturated rings. The first-order valence-electron chi connectivity index (χ1n) is 5.96. The van der Waals surface area contributed by atoms with E-state index >= 15 is 0 Å². The second kappa shape index (κ2) is 4.92. The van der Waals surface area contributed by atoms with Gasteiger partial charge in [0.25, 0.3) is 0 Å². The van der Waals surface area contributed by atoms with Crippen LogP contribution in [0.1, 0.15) is 0 Å². The van der Waals surface area contributed by atoms with E-state index in [-0.39, 0.29) is 0 Å². The third-order valence-corrected chi connectivity index (χ3v) is 4.05. The highest BCUT2D eigenvalue weighted by Gasteiger charge is 2.15. The molecule has 1 aromatic heterocycles. The molecule has 1 aliphatic heterocycles. The summed E-state index contributed by atoms with van der Waals surface area (Å²) in [5, 5.41) is 6.56. The monoisotopic (exact) mass is 281 g/mol. The number of rotatable bonds is 1. The third kappa shape index (κ3) is 2.03. The number of pyridine rings is 1. The van der Waals surface area contributed by atoms with Gasteiger partial charge in [0.05, 0.1) is 10.0 Å². The predicted molar refractivity (Wildman–Crippen MR) is 76.8 cm³/mol. The lowest BCUT2D eigenvalue weighted by atomic mass is 10.1. The van der Waals surface area contributed by atoms with E-state index in [2.05, 4.69) is 15.2 Å². The number of halogens is 2. The minimum Gasteiger partial charge on any atom is -0.354 e. The summed E-state index contributed by atoms with van der Waals surface area (Å²) in [6.45, 7) is 3.90. The summed E-state index contributed by atoms with van der Waals surface area (Å²) in [6, 6.07) is 5.74.